The van der Waals surface area contributed by atoms with Gasteiger partial charge in [-0.2, -0.15) is 5.10 Å². The Morgan fingerprint density at radius 1 is 1.09 bits per heavy atom. The van der Waals surface area contributed by atoms with E-state index in [-0.39, 0.29) is 5.56 Å². The maximum Gasteiger partial charge on any atom is 0.274 e. The molecule has 0 fully saturated rings. The average molecular weight is 294 g/mol. The van der Waals surface area contributed by atoms with E-state index in [4.69, 9.17) is 0 Å². The van der Waals surface area contributed by atoms with Gasteiger partial charge in [0.15, 0.2) is 0 Å². The van der Waals surface area contributed by atoms with E-state index in [1.54, 1.807) is 12.3 Å². The third-order valence-electron chi connectivity index (χ3n) is 2.95. The molecule has 1 heterocycles. The molecule has 1 aromatic heterocycles. The van der Waals surface area contributed by atoms with Crippen LogP contribution in [-0.2, 0) is 0 Å². The van der Waals surface area contributed by atoms with Gasteiger partial charge < -0.3 is 0 Å². The summed E-state index contributed by atoms with van der Waals surface area (Å²) in [7, 11) is 0. The van der Waals surface area contributed by atoms with Gasteiger partial charge in [0.05, 0.1) is 29.0 Å². The molecule has 0 aliphatic heterocycles. The number of fused-ring (bicyclic) bond motifs is 1. The van der Waals surface area contributed by atoms with E-state index in [9.17, 15) is 9.18 Å². The molecule has 1 N–H and O–H groups in total. The lowest BCUT2D eigenvalue weighted by atomic mass is 10.2. The fraction of sp³-hybridized carbons (Fsp3) is 0. The molecule has 0 aliphatic carbocycles. The SMILES string of the molecule is O=C(N/N=C\c1cnc2ccccc2n1)c1ccccc1F. The van der Waals surface area contributed by atoms with Gasteiger partial charge in [-0.3, -0.25) is 9.78 Å². The van der Waals surface area contributed by atoms with Gasteiger partial charge in [0.2, 0.25) is 0 Å². The molecule has 0 bridgehead atoms. The number of amides is 1. The molecule has 22 heavy (non-hydrogen) atoms. The van der Waals surface area contributed by atoms with Crippen molar-refractivity contribution >= 4 is 23.2 Å². The molecular weight excluding hydrogens is 283 g/mol. The Labute approximate surface area is 125 Å². The number of nitrogens with one attached hydrogen (secondary N) is 1. The third-order valence-corrected chi connectivity index (χ3v) is 2.95. The van der Waals surface area contributed by atoms with Gasteiger partial charge in [0.25, 0.3) is 5.91 Å². The second kappa shape index (κ2) is 6.09. The van der Waals surface area contributed by atoms with Gasteiger partial charge in [-0.05, 0) is 24.3 Å². The molecule has 0 saturated carbocycles. The van der Waals surface area contributed by atoms with Crippen molar-refractivity contribution in [2.75, 3.05) is 0 Å². The summed E-state index contributed by atoms with van der Waals surface area (Å²) in [6, 6.07) is 13.1. The van der Waals surface area contributed by atoms with E-state index in [2.05, 4.69) is 20.5 Å². The highest BCUT2D eigenvalue weighted by Crippen LogP contribution is 2.07. The molecule has 0 unspecified atom stereocenters. The first-order valence-electron chi connectivity index (χ1n) is 6.54. The minimum Gasteiger partial charge on any atom is -0.267 e. The molecule has 0 spiro atoms. The number of hydrogen-bond donors (Lipinski definition) is 1. The molecule has 3 aromatic rings. The van der Waals surface area contributed by atoms with Crippen molar-refractivity contribution < 1.29 is 9.18 Å². The number of rotatable bonds is 3. The Morgan fingerprint density at radius 3 is 2.64 bits per heavy atom. The van der Waals surface area contributed by atoms with Gasteiger partial charge >= 0.3 is 0 Å². The van der Waals surface area contributed by atoms with Crippen molar-refractivity contribution in [3.8, 4) is 0 Å². The minimum atomic E-state index is -0.622. The molecule has 0 atom stereocenters. The molecule has 6 heteroatoms. The summed E-state index contributed by atoms with van der Waals surface area (Å²) < 4.78 is 13.4. The van der Waals surface area contributed by atoms with E-state index in [1.807, 2.05) is 24.3 Å². The number of halogens is 1. The van der Waals surface area contributed by atoms with Gasteiger partial charge in [0, 0.05) is 0 Å². The standard InChI is InChI=1S/C16H11FN4O/c17-13-6-2-1-5-12(13)16(22)21-19-10-11-9-18-14-7-3-4-8-15(14)20-11/h1-10H,(H,21,22)/b19-10-. The quantitative estimate of drug-likeness (QED) is 0.596. The number of benzene rings is 2. The average Bonchev–Trinajstić information content (AvgIpc) is 2.55. The Morgan fingerprint density at radius 2 is 1.82 bits per heavy atom. The Balaban J connectivity index is 1.73. The van der Waals surface area contributed by atoms with Crippen LogP contribution < -0.4 is 5.43 Å². The van der Waals surface area contributed by atoms with Crippen molar-refractivity contribution in [3.05, 3.63) is 71.8 Å². The molecule has 108 valence electrons. The smallest absolute Gasteiger partial charge is 0.267 e. The van der Waals surface area contributed by atoms with Gasteiger partial charge in [-0.25, -0.2) is 14.8 Å². The van der Waals surface area contributed by atoms with Crippen LogP contribution in [0.3, 0.4) is 0 Å². The maximum absolute atomic E-state index is 13.4. The topological polar surface area (TPSA) is 67.2 Å². The van der Waals surface area contributed by atoms with Crippen molar-refractivity contribution in [2.24, 2.45) is 5.10 Å². The van der Waals surface area contributed by atoms with Gasteiger partial charge in [0.1, 0.15) is 11.5 Å². The highest BCUT2D eigenvalue weighted by molar-refractivity contribution is 5.95. The van der Waals surface area contributed by atoms with Crippen LogP contribution >= 0.6 is 0 Å². The minimum absolute atomic E-state index is 0.0655. The number of hydrazone groups is 1. The van der Waals surface area contributed by atoms with Gasteiger partial charge in [-0.1, -0.05) is 24.3 Å². The van der Waals surface area contributed by atoms with Crippen LogP contribution in [0.1, 0.15) is 16.1 Å². The Kier molecular flexibility index (Phi) is 3.82. The lowest BCUT2D eigenvalue weighted by Gasteiger charge is -2.01. The predicted octanol–water partition coefficient (Wildman–Crippen LogP) is 2.53. The third kappa shape index (κ3) is 2.95. The second-order valence-electron chi connectivity index (χ2n) is 4.46. The maximum atomic E-state index is 13.4. The summed E-state index contributed by atoms with van der Waals surface area (Å²) in [6.45, 7) is 0. The zero-order valence-corrected chi connectivity index (χ0v) is 11.4. The second-order valence-corrected chi connectivity index (χ2v) is 4.46. The number of aromatic nitrogens is 2. The largest absolute Gasteiger partial charge is 0.274 e. The van der Waals surface area contributed by atoms with Crippen molar-refractivity contribution in [1.82, 2.24) is 15.4 Å². The van der Waals surface area contributed by atoms with Crippen molar-refractivity contribution in [1.29, 1.82) is 0 Å². The monoisotopic (exact) mass is 294 g/mol. The highest BCUT2D eigenvalue weighted by Gasteiger charge is 2.09. The first-order valence-corrected chi connectivity index (χ1v) is 6.54. The van der Waals surface area contributed by atoms with Gasteiger partial charge in [-0.15, -0.1) is 0 Å². The van der Waals surface area contributed by atoms with E-state index >= 15 is 0 Å². The molecule has 0 radical (unpaired) electrons. The number of para-hydroxylation sites is 2. The van der Waals surface area contributed by atoms with Crippen LogP contribution in [0, 0.1) is 5.82 Å². The highest BCUT2D eigenvalue weighted by atomic mass is 19.1. The van der Waals surface area contributed by atoms with Crippen molar-refractivity contribution in [2.45, 2.75) is 0 Å². The molecule has 0 aliphatic rings. The summed E-state index contributed by atoms with van der Waals surface area (Å²) in [5.41, 5.74) is 4.19. The number of carbonyl (C=O) groups excluding carboxylic acids is 1. The Hall–Kier alpha value is -3.15. The number of hydrogen-bond acceptors (Lipinski definition) is 4. The molecule has 5 nitrogen and oxygen atoms in total. The van der Waals surface area contributed by atoms with E-state index in [1.165, 1.54) is 24.4 Å². The number of nitrogens with zero attached hydrogens (tertiary/aromatic N) is 3. The summed E-state index contributed by atoms with van der Waals surface area (Å²) in [4.78, 5) is 20.3. The first-order chi connectivity index (χ1) is 10.7. The molecule has 1 amide bonds. The van der Waals surface area contributed by atoms with Crippen LogP contribution in [-0.4, -0.2) is 22.1 Å². The first kappa shape index (κ1) is 13.8. The normalized spacial score (nSPS) is 11.0. The lowest BCUT2D eigenvalue weighted by Crippen LogP contribution is -2.19. The zero-order valence-electron chi connectivity index (χ0n) is 11.4. The van der Waals surface area contributed by atoms with E-state index in [0.29, 0.717) is 5.69 Å². The zero-order chi connectivity index (χ0) is 15.4. The summed E-state index contributed by atoms with van der Waals surface area (Å²) >= 11 is 0. The molecular formula is C16H11FN4O. The van der Waals surface area contributed by atoms with E-state index in [0.717, 1.165) is 11.0 Å². The number of carbonyl (C=O) groups is 1. The lowest BCUT2D eigenvalue weighted by molar-refractivity contribution is 0.0951. The molecule has 0 saturated heterocycles. The molecule has 3 rings (SSSR count). The van der Waals surface area contributed by atoms with Crippen LogP contribution in [0.5, 0.6) is 0 Å². The van der Waals surface area contributed by atoms with Crippen LogP contribution in [0.4, 0.5) is 4.39 Å². The summed E-state index contributed by atoms with van der Waals surface area (Å²) in [5.74, 6) is -1.22. The fourth-order valence-electron chi connectivity index (χ4n) is 1.90. The van der Waals surface area contributed by atoms with Crippen LogP contribution in [0.2, 0.25) is 0 Å². The fourth-order valence-corrected chi connectivity index (χ4v) is 1.90. The van der Waals surface area contributed by atoms with Crippen molar-refractivity contribution in [3.63, 3.8) is 0 Å². The van der Waals surface area contributed by atoms with E-state index < -0.39 is 11.7 Å². The Bertz CT molecular complexity index is 863. The summed E-state index contributed by atoms with van der Waals surface area (Å²) in [6.07, 6.45) is 2.90. The summed E-state index contributed by atoms with van der Waals surface area (Å²) in [5, 5.41) is 3.77. The predicted molar refractivity (Wildman–Crippen MR) is 81.0 cm³/mol. The van der Waals surface area contributed by atoms with Crippen LogP contribution in [0.15, 0.2) is 59.8 Å². The van der Waals surface area contributed by atoms with Crippen LogP contribution in [0.25, 0.3) is 11.0 Å². The molecule has 2 aromatic carbocycles.